The van der Waals surface area contributed by atoms with Crippen LogP contribution in [0.15, 0.2) is 29.3 Å². The summed E-state index contributed by atoms with van der Waals surface area (Å²) >= 11 is 0. The SMILES string of the molecule is CCNC(=NCCc1c(C)nn(C)c1C)N(C)Cc1cccc(F)c1.I. The lowest BCUT2D eigenvalue weighted by molar-refractivity contribution is 0.475. The zero-order valence-corrected chi connectivity index (χ0v) is 18.5. The van der Waals surface area contributed by atoms with Gasteiger partial charge in [-0.2, -0.15) is 5.10 Å². The highest BCUT2D eigenvalue weighted by Gasteiger charge is 2.10. The van der Waals surface area contributed by atoms with Gasteiger partial charge in [-0.1, -0.05) is 12.1 Å². The molecule has 26 heavy (non-hydrogen) atoms. The molecule has 0 fully saturated rings. The van der Waals surface area contributed by atoms with Crippen LogP contribution in [0.2, 0.25) is 0 Å². The van der Waals surface area contributed by atoms with Crippen LogP contribution in [0.1, 0.15) is 29.4 Å². The van der Waals surface area contributed by atoms with Crippen LogP contribution in [0.5, 0.6) is 0 Å². The quantitative estimate of drug-likeness (QED) is 0.397. The first-order chi connectivity index (χ1) is 11.9. The summed E-state index contributed by atoms with van der Waals surface area (Å²) < 4.78 is 15.3. The number of aromatic nitrogens is 2. The topological polar surface area (TPSA) is 45.5 Å². The van der Waals surface area contributed by atoms with E-state index in [1.54, 1.807) is 12.1 Å². The summed E-state index contributed by atoms with van der Waals surface area (Å²) in [7, 11) is 3.93. The van der Waals surface area contributed by atoms with Crippen molar-refractivity contribution in [3.8, 4) is 0 Å². The molecule has 0 aliphatic rings. The van der Waals surface area contributed by atoms with Gasteiger partial charge < -0.3 is 10.2 Å². The third kappa shape index (κ3) is 5.96. The smallest absolute Gasteiger partial charge is 0.193 e. The molecule has 0 spiro atoms. The molecule has 0 radical (unpaired) electrons. The Labute approximate surface area is 172 Å². The monoisotopic (exact) mass is 473 g/mol. The first-order valence-corrected chi connectivity index (χ1v) is 8.65. The molecule has 5 nitrogen and oxygen atoms in total. The third-order valence-electron chi connectivity index (χ3n) is 4.29. The van der Waals surface area contributed by atoms with Gasteiger partial charge in [0, 0.05) is 39.4 Å². The molecule has 0 atom stereocenters. The molecule has 1 aromatic heterocycles. The second-order valence-corrected chi connectivity index (χ2v) is 6.24. The van der Waals surface area contributed by atoms with E-state index in [9.17, 15) is 4.39 Å². The minimum atomic E-state index is -0.213. The summed E-state index contributed by atoms with van der Waals surface area (Å²) in [6.07, 6.45) is 0.855. The molecule has 2 aromatic rings. The van der Waals surface area contributed by atoms with Crippen molar-refractivity contribution in [1.29, 1.82) is 0 Å². The molecule has 7 heteroatoms. The van der Waals surface area contributed by atoms with E-state index in [1.807, 2.05) is 43.6 Å². The lowest BCUT2D eigenvalue weighted by Gasteiger charge is -2.22. The number of rotatable bonds is 6. The van der Waals surface area contributed by atoms with Crippen molar-refractivity contribution < 1.29 is 4.39 Å². The van der Waals surface area contributed by atoms with Gasteiger partial charge in [0.25, 0.3) is 0 Å². The van der Waals surface area contributed by atoms with Gasteiger partial charge in [0.1, 0.15) is 5.82 Å². The van der Waals surface area contributed by atoms with E-state index < -0.39 is 0 Å². The first kappa shape index (κ1) is 22.4. The molecule has 144 valence electrons. The van der Waals surface area contributed by atoms with Crippen molar-refractivity contribution >= 4 is 29.9 Å². The van der Waals surface area contributed by atoms with Gasteiger partial charge in [-0.25, -0.2) is 4.39 Å². The Balaban J connectivity index is 0.00000338. The lowest BCUT2D eigenvalue weighted by atomic mass is 10.1. The molecular formula is C19H29FIN5. The van der Waals surface area contributed by atoms with Crippen LogP contribution in [-0.2, 0) is 20.0 Å². The maximum atomic E-state index is 13.4. The fourth-order valence-electron chi connectivity index (χ4n) is 2.91. The third-order valence-corrected chi connectivity index (χ3v) is 4.29. The predicted octanol–water partition coefficient (Wildman–Crippen LogP) is 3.43. The van der Waals surface area contributed by atoms with Gasteiger partial charge in [0.2, 0.25) is 0 Å². The van der Waals surface area contributed by atoms with Crippen LogP contribution < -0.4 is 5.32 Å². The Morgan fingerprint density at radius 2 is 2.08 bits per heavy atom. The minimum absolute atomic E-state index is 0. The number of aryl methyl sites for hydroxylation is 2. The molecule has 0 amide bonds. The summed E-state index contributed by atoms with van der Waals surface area (Å²) in [5.41, 5.74) is 4.43. The number of hydrogen-bond acceptors (Lipinski definition) is 2. The minimum Gasteiger partial charge on any atom is -0.357 e. The maximum Gasteiger partial charge on any atom is 0.193 e. The van der Waals surface area contributed by atoms with Crippen LogP contribution in [0, 0.1) is 19.7 Å². The van der Waals surface area contributed by atoms with E-state index in [4.69, 9.17) is 4.99 Å². The Bertz CT molecular complexity index is 742. The summed E-state index contributed by atoms with van der Waals surface area (Å²) in [4.78, 5) is 6.73. The Morgan fingerprint density at radius 1 is 1.35 bits per heavy atom. The molecule has 2 rings (SSSR count). The number of hydrogen-bond donors (Lipinski definition) is 1. The molecule has 1 heterocycles. The average molecular weight is 473 g/mol. The van der Waals surface area contributed by atoms with Crippen LogP contribution in [0.3, 0.4) is 0 Å². The number of aliphatic imine (C=N–C) groups is 1. The van der Waals surface area contributed by atoms with Crippen LogP contribution in [0.4, 0.5) is 4.39 Å². The average Bonchev–Trinajstić information content (AvgIpc) is 2.80. The zero-order chi connectivity index (χ0) is 18.4. The van der Waals surface area contributed by atoms with Gasteiger partial charge in [0.15, 0.2) is 5.96 Å². The largest absolute Gasteiger partial charge is 0.357 e. The molecule has 1 N–H and O–H groups in total. The van der Waals surface area contributed by atoms with E-state index in [1.165, 1.54) is 17.3 Å². The second kappa shape index (κ2) is 10.5. The first-order valence-electron chi connectivity index (χ1n) is 8.65. The Hall–Kier alpha value is -1.64. The summed E-state index contributed by atoms with van der Waals surface area (Å²) in [5, 5.41) is 7.75. The molecular weight excluding hydrogens is 444 g/mol. The highest BCUT2D eigenvalue weighted by Crippen LogP contribution is 2.12. The van der Waals surface area contributed by atoms with Crippen molar-refractivity contribution in [3.63, 3.8) is 0 Å². The normalized spacial score (nSPS) is 11.2. The second-order valence-electron chi connectivity index (χ2n) is 6.24. The van der Waals surface area contributed by atoms with Gasteiger partial charge in [0.05, 0.1) is 5.69 Å². The Kier molecular flexibility index (Phi) is 9.04. The molecule has 0 aliphatic carbocycles. The molecule has 0 unspecified atom stereocenters. The number of nitrogens with one attached hydrogen (secondary N) is 1. The van der Waals surface area contributed by atoms with Crippen molar-refractivity contribution in [3.05, 3.63) is 52.6 Å². The summed E-state index contributed by atoms with van der Waals surface area (Å²) in [5.74, 6) is 0.612. The molecule has 0 bridgehead atoms. The molecule has 0 aliphatic heterocycles. The van der Waals surface area contributed by atoms with Gasteiger partial charge in [-0.05, 0) is 50.5 Å². The fourth-order valence-corrected chi connectivity index (χ4v) is 2.91. The number of halogens is 2. The van der Waals surface area contributed by atoms with Crippen molar-refractivity contribution in [2.24, 2.45) is 12.0 Å². The van der Waals surface area contributed by atoms with E-state index in [-0.39, 0.29) is 29.8 Å². The predicted molar refractivity (Wildman–Crippen MR) is 116 cm³/mol. The summed E-state index contributed by atoms with van der Waals surface area (Å²) in [6, 6.07) is 6.67. The molecule has 0 saturated carbocycles. The van der Waals surface area contributed by atoms with E-state index in [0.29, 0.717) is 13.1 Å². The van der Waals surface area contributed by atoms with E-state index >= 15 is 0 Å². The molecule has 0 saturated heterocycles. The van der Waals surface area contributed by atoms with Crippen molar-refractivity contribution in [1.82, 2.24) is 20.0 Å². The van der Waals surface area contributed by atoms with Gasteiger partial charge in [-0.3, -0.25) is 9.67 Å². The van der Waals surface area contributed by atoms with Gasteiger partial charge >= 0.3 is 0 Å². The van der Waals surface area contributed by atoms with Crippen LogP contribution in [0.25, 0.3) is 0 Å². The lowest BCUT2D eigenvalue weighted by Crippen LogP contribution is -2.38. The van der Waals surface area contributed by atoms with Crippen molar-refractivity contribution in [2.45, 2.75) is 33.7 Å². The zero-order valence-electron chi connectivity index (χ0n) is 16.2. The fraction of sp³-hybridized carbons (Fsp3) is 0.474. The number of guanidine groups is 1. The van der Waals surface area contributed by atoms with E-state index in [2.05, 4.69) is 17.3 Å². The standard InChI is InChI=1S/C19H28FN5.HI/c1-6-21-19(24(4)13-16-8-7-9-17(20)12-16)22-11-10-18-14(2)23-25(5)15(18)3;/h7-9,12H,6,10-11,13H2,1-5H3,(H,21,22);1H. The maximum absolute atomic E-state index is 13.4. The highest BCUT2D eigenvalue weighted by molar-refractivity contribution is 14.0. The van der Waals surface area contributed by atoms with Gasteiger partial charge in [-0.15, -0.1) is 24.0 Å². The number of benzene rings is 1. The molecule has 1 aromatic carbocycles. The van der Waals surface area contributed by atoms with Crippen LogP contribution in [-0.4, -0.2) is 40.8 Å². The van der Waals surface area contributed by atoms with Crippen LogP contribution >= 0.6 is 24.0 Å². The van der Waals surface area contributed by atoms with Crippen molar-refractivity contribution in [2.75, 3.05) is 20.1 Å². The Morgan fingerprint density at radius 3 is 2.65 bits per heavy atom. The summed E-state index contributed by atoms with van der Waals surface area (Å²) in [6.45, 7) is 8.24. The number of nitrogens with zero attached hydrogens (tertiary/aromatic N) is 4. The van der Waals surface area contributed by atoms with E-state index in [0.717, 1.165) is 30.2 Å². The highest BCUT2D eigenvalue weighted by atomic mass is 127.